The number of rotatable bonds is 6. The number of nitrogens with one attached hydrogen (secondary N) is 1. The Morgan fingerprint density at radius 2 is 1.85 bits per heavy atom. The summed E-state index contributed by atoms with van der Waals surface area (Å²) in [6.07, 6.45) is 1.01. The van der Waals surface area contributed by atoms with Gasteiger partial charge in [-0.3, -0.25) is 14.5 Å². The van der Waals surface area contributed by atoms with Gasteiger partial charge in [-0.2, -0.15) is 13.2 Å². The van der Waals surface area contributed by atoms with Crippen molar-refractivity contribution < 1.29 is 32.7 Å². The standard InChI is InChI=1S/C18H30N6O2.C2HF3O2/c1-3-5-14-13-24(21-20-14)15-6-9-23(10-7-15)17(25)12-16-18(26)19-8-11-22(16)4-2;3-2(4,5)1(6)7/h13,15-16H,3-12H2,1-2H3,(H,19,26);(H,6,7). The first kappa shape index (κ1) is 26.6. The fraction of sp³-hybridized carbons (Fsp3) is 0.750. The van der Waals surface area contributed by atoms with E-state index in [1.165, 1.54) is 0 Å². The molecule has 1 aromatic heterocycles. The number of aliphatic carboxylic acids is 1. The molecule has 3 rings (SSSR count). The Bertz CT molecular complexity index is 808. The number of aryl methyl sites for hydroxylation is 1. The number of carbonyl (C=O) groups excluding carboxylic acids is 2. The molecular formula is C20H31F3N6O4. The van der Waals surface area contributed by atoms with Crippen molar-refractivity contribution in [2.45, 2.75) is 64.2 Å². The molecule has 186 valence electrons. The lowest BCUT2D eigenvalue weighted by Gasteiger charge is -2.36. The topological polar surface area (TPSA) is 121 Å². The van der Waals surface area contributed by atoms with Gasteiger partial charge in [-0.05, 0) is 25.8 Å². The highest BCUT2D eigenvalue weighted by molar-refractivity contribution is 5.88. The van der Waals surface area contributed by atoms with Crippen molar-refractivity contribution in [1.29, 1.82) is 0 Å². The first-order valence-corrected chi connectivity index (χ1v) is 11.1. The molecule has 2 aliphatic heterocycles. The molecule has 2 saturated heterocycles. The van der Waals surface area contributed by atoms with E-state index in [0.29, 0.717) is 25.7 Å². The molecule has 13 heteroatoms. The van der Waals surface area contributed by atoms with Crippen molar-refractivity contribution in [1.82, 2.24) is 30.1 Å². The van der Waals surface area contributed by atoms with E-state index in [4.69, 9.17) is 9.90 Å². The van der Waals surface area contributed by atoms with E-state index in [2.05, 4.69) is 27.5 Å². The second-order valence-electron chi connectivity index (χ2n) is 7.99. The van der Waals surface area contributed by atoms with Crippen LogP contribution in [0.2, 0.25) is 0 Å². The second kappa shape index (κ2) is 12.0. The fourth-order valence-electron chi connectivity index (χ4n) is 3.90. The summed E-state index contributed by atoms with van der Waals surface area (Å²) in [7, 11) is 0. The number of amides is 2. The Kier molecular flexibility index (Phi) is 9.62. The number of piperidine rings is 1. The number of hydrogen-bond donors (Lipinski definition) is 2. The van der Waals surface area contributed by atoms with Crippen LogP contribution in [-0.4, -0.2) is 92.6 Å². The summed E-state index contributed by atoms with van der Waals surface area (Å²) in [5.41, 5.74) is 1.04. The number of carboxylic acids is 1. The third-order valence-electron chi connectivity index (χ3n) is 5.71. The Labute approximate surface area is 190 Å². The number of likely N-dealkylation sites (tertiary alicyclic amines) is 1. The molecule has 1 unspecified atom stereocenters. The van der Waals surface area contributed by atoms with Crippen LogP contribution in [0.4, 0.5) is 13.2 Å². The van der Waals surface area contributed by atoms with Gasteiger partial charge in [-0.15, -0.1) is 5.10 Å². The molecule has 0 bridgehead atoms. The molecule has 2 amide bonds. The molecule has 0 aliphatic carbocycles. The Morgan fingerprint density at radius 1 is 1.21 bits per heavy atom. The van der Waals surface area contributed by atoms with Crippen molar-refractivity contribution in [2.75, 3.05) is 32.7 Å². The lowest BCUT2D eigenvalue weighted by atomic mass is 10.0. The highest BCUT2D eigenvalue weighted by Crippen LogP contribution is 2.23. The highest BCUT2D eigenvalue weighted by atomic mass is 19.4. The van der Waals surface area contributed by atoms with Crippen LogP contribution in [0.5, 0.6) is 0 Å². The van der Waals surface area contributed by atoms with Crippen LogP contribution in [0.25, 0.3) is 0 Å². The average molecular weight is 477 g/mol. The predicted molar refractivity (Wildman–Crippen MR) is 111 cm³/mol. The van der Waals surface area contributed by atoms with Gasteiger partial charge in [0.2, 0.25) is 11.8 Å². The van der Waals surface area contributed by atoms with Crippen molar-refractivity contribution in [3.63, 3.8) is 0 Å². The molecule has 0 spiro atoms. The number of carbonyl (C=O) groups is 3. The molecular weight excluding hydrogens is 445 g/mol. The number of nitrogens with zero attached hydrogens (tertiary/aromatic N) is 5. The van der Waals surface area contributed by atoms with E-state index >= 15 is 0 Å². The maximum absolute atomic E-state index is 12.7. The van der Waals surface area contributed by atoms with E-state index in [9.17, 15) is 22.8 Å². The zero-order valence-electron chi connectivity index (χ0n) is 18.8. The second-order valence-corrected chi connectivity index (χ2v) is 7.99. The number of alkyl halides is 3. The molecule has 0 saturated carbocycles. The van der Waals surface area contributed by atoms with Gasteiger partial charge in [-0.1, -0.05) is 25.5 Å². The van der Waals surface area contributed by atoms with E-state index in [-0.39, 0.29) is 24.3 Å². The molecule has 10 nitrogen and oxygen atoms in total. The van der Waals surface area contributed by atoms with Crippen molar-refractivity contribution in [3.05, 3.63) is 11.9 Å². The van der Waals surface area contributed by atoms with Crippen molar-refractivity contribution >= 4 is 17.8 Å². The molecule has 0 aromatic carbocycles. The Balaban J connectivity index is 0.000000479. The van der Waals surface area contributed by atoms with Gasteiger partial charge < -0.3 is 15.3 Å². The summed E-state index contributed by atoms with van der Waals surface area (Å²) in [5.74, 6) is -2.70. The average Bonchev–Trinajstić information content (AvgIpc) is 3.24. The third-order valence-corrected chi connectivity index (χ3v) is 5.71. The minimum atomic E-state index is -5.08. The van der Waals surface area contributed by atoms with Crippen LogP contribution < -0.4 is 5.32 Å². The maximum Gasteiger partial charge on any atom is 0.490 e. The summed E-state index contributed by atoms with van der Waals surface area (Å²) in [4.78, 5) is 37.7. The largest absolute Gasteiger partial charge is 0.490 e. The SMILES string of the molecule is CCCc1cn(C2CCN(C(=O)CC3C(=O)NCCN3CC)CC2)nn1.O=C(O)C(F)(F)F. The van der Waals surface area contributed by atoms with E-state index < -0.39 is 12.1 Å². The van der Waals surface area contributed by atoms with Crippen LogP contribution in [0.1, 0.15) is 51.3 Å². The van der Waals surface area contributed by atoms with Crippen molar-refractivity contribution in [3.8, 4) is 0 Å². The molecule has 3 heterocycles. The van der Waals surface area contributed by atoms with Crippen LogP contribution in [-0.2, 0) is 20.8 Å². The number of piperazine rings is 1. The number of halogens is 3. The van der Waals surface area contributed by atoms with E-state index in [0.717, 1.165) is 44.5 Å². The summed E-state index contributed by atoms with van der Waals surface area (Å²) in [6, 6.07) is -0.0202. The van der Waals surface area contributed by atoms with Gasteiger partial charge in [0.15, 0.2) is 0 Å². The number of aromatic nitrogens is 3. The molecule has 33 heavy (non-hydrogen) atoms. The third kappa shape index (κ3) is 7.69. The molecule has 1 atom stereocenters. The zero-order chi connectivity index (χ0) is 24.6. The Morgan fingerprint density at radius 3 is 2.39 bits per heavy atom. The van der Waals surface area contributed by atoms with Crippen LogP contribution in [0, 0.1) is 0 Å². The van der Waals surface area contributed by atoms with Gasteiger partial charge in [0.05, 0.1) is 24.2 Å². The van der Waals surface area contributed by atoms with Crippen LogP contribution in [0.15, 0.2) is 6.20 Å². The van der Waals surface area contributed by atoms with Gasteiger partial charge >= 0.3 is 12.1 Å². The first-order chi connectivity index (χ1) is 15.6. The summed E-state index contributed by atoms with van der Waals surface area (Å²) in [5, 5.41) is 18.5. The smallest absolute Gasteiger partial charge is 0.475 e. The monoisotopic (exact) mass is 476 g/mol. The van der Waals surface area contributed by atoms with Gasteiger partial charge in [0, 0.05) is 32.4 Å². The fourth-order valence-corrected chi connectivity index (χ4v) is 3.90. The molecule has 2 aliphatic rings. The molecule has 2 fully saturated rings. The summed E-state index contributed by atoms with van der Waals surface area (Å²) >= 11 is 0. The van der Waals surface area contributed by atoms with E-state index in [1.807, 2.05) is 22.7 Å². The number of likely N-dealkylation sites (N-methyl/N-ethyl adjacent to an activating group) is 1. The summed E-state index contributed by atoms with van der Waals surface area (Å²) < 4.78 is 33.7. The maximum atomic E-state index is 12.7. The predicted octanol–water partition coefficient (Wildman–Crippen LogP) is 1.24. The zero-order valence-corrected chi connectivity index (χ0v) is 18.8. The first-order valence-electron chi connectivity index (χ1n) is 11.1. The Hall–Kier alpha value is -2.70. The van der Waals surface area contributed by atoms with Crippen LogP contribution >= 0.6 is 0 Å². The quantitative estimate of drug-likeness (QED) is 0.634. The van der Waals surface area contributed by atoms with Gasteiger partial charge in [0.25, 0.3) is 0 Å². The normalized spacial score (nSPS) is 20.1. The number of hydrogen-bond acceptors (Lipinski definition) is 6. The highest BCUT2D eigenvalue weighted by Gasteiger charge is 2.38. The minimum Gasteiger partial charge on any atom is -0.475 e. The van der Waals surface area contributed by atoms with Crippen molar-refractivity contribution in [2.24, 2.45) is 0 Å². The van der Waals surface area contributed by atoms with E-state index in [1.54, 1.807) is 0 Å². The minimum absolute atomic E-state index is 0.0209. The van der Waals surface area contributed by atoms with Gasteiger partial charge in [0.1, 0.15) is 0 Å². The lowest BCUT2D eigenvalue weighted by Crippen LogP contribution is -2.56. The lowest BCUT2D eigenvalue weighted by molar-refractivity contribution is -0.192. The van der Waals surface area contributed by atoms with Crippen LogP contribution in [0.3, 0.4) is 0 Å². The number of carboxylic acid groups (broad SMARTS) is 1. The molecule has 2 N–H and O–H groups in total. The summed E-state index contributed by atoms with van der Waals surface area (Å²) in [6.45, 7) is 7.87. The molecule has 0 radical (unpaired) electrons. The van der Waals surface area contributed by atoms with Gasteiger partial charge in [-0.25, -0.2) is 9.48 Å². The molecule has 1 aromatic rings.